The molecule has 1 aromatic rings. The third-order valence-corrected chi connectivity index (χ3v) is 3.85. The fourth-order valence-corrected chi connectivity index (χ4v) is 2.52. The van der Waals surface area contributed by atoms with Crippen LogP contribution in [0.5, 0.6) is 0 Å². The lowest BCUT2D eigenvalue weighted by atomic mass is 10.2. The van der Waals surface area contributed by atoms with Crippen LogP contribution >= 0.6 is 0 Å². The summed E-state index contributed by atoms with van der Waals surface area (Å²) in [6.45, 7) is 14.1. The molecule has 0 unspecified atom stereocenters. The van der Waals surface area contributed by atoms with Crippen LogP contribution in [-0.4, -0.2) is 48.1 Å². The van der Waals surface area contributed by atoms with E-state index in [0.717, 1.165) is 44.2 Å². The Morgan fingerprint density at radius 2 is 1.80 bits per heavy atom. The second kappa shape index (κ2) is 7.04. The van der Waals surface area contributed by atoms with Gasteiger partial charge in [0.2, 0.25) is 0 Å². The molecule has 1 saturated heterocycles. The number of nitrogens with one attached hydrogen (secondary N) is 1. The quantitative estimate of drug-likeness (QED) is 0.892. The average Bonchev–Trinajstić information content (AvgIpc) is 2.45. The van der Waals surface area contributed by atoms with Crippen molar-refractivity contribution in [2.24, 2.45) is 0 Å². The minimum atomic E-state index is 0.495. The van der Waals surface area contributed by atoms with E-state index in [9.17, 15) is 0 Å². The summed E-state index contributed by atoms with van der Waals surface area (Å²) in [6.07, 6.45) is 0. The normalized spacial score (nSPS) is 17.2. The highest BCUT2D eigenvalue weighted by Crippen LogP contribution is 2.15. The Balaban J connectivity index is 1.94. The van der Waals surface area contributed by atoms with Gasteiger partial charge >= 0.3 is 0 Å². The second-order valence-electron chi connectivity index (χ2n) is 6.14. The van der Waals surface area contributed by atoms with Gasteiger partial charge in [0, 0.05) is 44.8 Å². The van der Waals surface area contributed by atoms with E-state index in [0.29, 0.717) is 12.1 Å². The summed E-state index contributed by atoms with van der Waals surface area (Å²) < 4.78 is 0. The number of hydrogen-bond acceptors (Lipinski definition) is 4. The molecule has 1 N–H and O–H groups in total. The van der Waals surface area contributed by atoms with Gasteiger partial charge in [0.25, 0.3) is 0 Å². The molecule has 0 bridgehead atoms. The van der Waals surface area contributed by atoms with Crippen molar-refractivity contribution in [3.05, 3.63) is 23.9 Å². The molecule has 2 heterocycles. The van der Waals surface area contributed by atoms with Gasteiger partial charge in [-0.1, -0.05) is 19.9 Å². The number of anilines is 1. The zero-order valence-electron chi connectivity index (χ0n) is 13.3. The van der Waals surface area contributed by atoms with E-state index >= 15 is 0 Å². The molecule has 20 heavy (non-hydrogen) atoms. The Kier molecular flexibility index (Phi) is 5.38. The van der Waals surface area contributed by atoms with Gasteiger partial charge in [-0.25, -0.2) is 4.98 Å². The number of nitrogens with zero attached hydrogens (tertiary/aromatic N) is 3. The summed E-state index contributed by atoms with van der Waals surface area (Å²) in [5.74, 6) is 1.12. The average molecular weight is 276 g/mol. The number of aromatic nitrogens is 1. The van der Waals surface area contributed by atoms with Crippen molar-refractivity contribution >= 4 is 5.82 Å². The van der Waals surface area contributed by atoms with Crippen LogP contribution < -0.4 is 10.2 Å². The zero-order chi connectivity index (χ0) is 14.5. The summed E-state index contributed by atoms with van der Waals surface area (Å²) in [7, 11) is 0. The Bertz CT molecular complexity index is 409. The molecule has 1 aliphatic rings. The molecule has 0 aromatic carbocycles. The van der Waals surface area contributed by atoms with Crippen molar-refractivity contribution in [1.29, 1.82) is 0 Å². The Labute approximate surface area is 123 Å². The molecule has 0 radical (unpaired) electrons. The molecule has 0 atom stereocenters. The van der Waals surface area contributed by atoms with Gasteiger partial charge in [0.1, 0.15) is 5.82 Å². The van der Waals surface area contributed by atoms with Crippen LogP contribution in [0.1, 0.15) is 33.4 Å². The lowest BCUT2D eigenvalue weighted by Gasteiger charge is -2.37. The molecule has 0 saturated carbocycles. The molecule has 0 spiro atoms. The van der Waals surface area contributed by atoms with Crippen molar-refractivity contribution in [2.45, 2.75) is 46.3 Å². The lowest BCUT2D eigenvalue weighted by Crippen LogP contribution is -2.49. The maximum atomic E-state index is 4.78. The maximum absolute atomic E-state index is 4.78. The fraction of sp³-hybridized carbons (Fsp3) is 0.688. The topological polar surface area (TPSA) is 31.4 Å². The number of rotatable bonds is 5. The summed E-state index contributed by atoms with van der Waals surface area (Å²) >= 11 is 0. The molecular formula is C16H28N4. The fourth-order valence-electron chi connectivity index (χ4n) is 2.52. The molecule has 1 fully saturated rings. The van der Waals surface area contributed by atoms with Gasteiger partial charge in [-0.05, 0) is 26.0 Å². The molecule has 4 heteroatoms. The van der Waals surface area contributed by atoms with E-state index in [-0.39, 0.29) is 0 Å². The van der Waals surface area contributed by atoms with Crippen LogP contribution in [0.3, 0.4) is 0 Å². The predicted octanol–water partition coefficient (Wildman–Crippen LogP) is 2.11. The first-order valence-electron chi connectivity index (χ1n) is 7.74. The van der Waals surface area contributed by atoms with Crippen molar-refractivity contribution in [3.63, 3.8) is 0 Å². The summed E-state index contributed by atoms with van der Waals surface area (Å²) in [6, 6.07) is 7.49. The van der Waals surface area contributed by atoms with Gasteiger partial charge in [-0.2, -0.15) is 0 Å². The van der Waals surface area contributed by atoms with Crippen LogP contribution in [0.2, 0.25) is 0 Å². The predicted molar refractivity (Wildman–Crippen MR) is 85.1 cm³/mol. The van der Waals surface area contributed by atoms with Crippen LogP contribution in [0.15, 0.2) is 18.2 Å². The highest BCUT2D eigenvalue weighted by atomic mass is 15.3. The zero-order valence-corrected chi connectivity index (χ0v) is 13.3. The van der Waals surface area contributed by atoms with Gasteiger partial charge in [0.15, 0.2) is 0 Å². The monoisotopic (exact) mass is 276 g/mol. The lowest BCUT2D eigenvalue weighted by molar-refractivity contribution is 0.209. The minimum absolute atomic E-state index is 0.495. The van der Waals surface area contributed by atoms with Crippen LogP contribution in [0, 0.1) is 0 Å². The highest BCUT2D eigenvalue weighted by Gasteiger charge is 2.19. The number of piperazine rings is 1. The van der Waals surface area contributed by atoms with Crippen LogP contribution in [0.4, 0.5) is 5.82 Å². The van der Waals surface area contributed by atoms with E-state index in [4.69, 9.17) is 4.98 Å². The van der Waals surface area contributed by atoms with Gasteiger partial charge in [-0.15, -0.1) is 0 Å². The van der Waals surface area contributed by atoms with E-state index in [2.05, 4.69) is 61.0 Å². The third kappa shape index (κ3) is 4.18. The largest absolute Gasteiger partial charge is 0.354 e. The summed E-state index contributed by atoms with van der Waals surface area (Å²) in [5, 5.41) is 3.42. The SMILES string of the molecule is CC(C)NCc1cccc(N2CCN(C(C)C)CC2)n1. The molecule has 4 nitrogen and oxygen atoms in total. The molecule has 0 amide bonds. The minimum Gasteiger partial charge on any atom is -0.354 e. The number of hydrogen-bond donors (Lipinski definition) is 1. The van der Waals surface area contributed by atoms with Gasteiger partial charge in [0.05, 0.1) is 5.69 Å². The molecule has 1 aromatic heterocycles. The molecule has 112 valence electrons. The van der Waals surface area contributed by atoms with Crippen LogP contribution in [-0.2, 0) is 6.54 Å². The smallest absolute Gasteiger partial charge is 0.128 e. The Morgan fingerprint density at radius 1 is 1.10 bits per heavy atom. The first-order chi connectivity index (χ1) is 9.56. The van der Waals surface area contributed by atoms with Crippen molar-refractivity contribution in [3.8, 4) is 0 Å². The molecular weight excluding hydrogens is 248 g/mol. The first-order valence-corrected chi connectivity index (χ1v) is 7.74. The Morgan fingerprint density at radius 3 is 2.40 bits per heavy atom. The third-order valence-electron chi connectivity index (χ3n) is 3.85. The van der Waals surface area contributed by atoms with Crippen molar-refractivity contribution < 1.29 is 0 Å². The van der Waals surface area contributed by atoms with E-state index in [1.165, 1.54) is 0 Å². The molecule has 0 aliphatic carbocycles. The van der Waals surface area contributed by atoms with Crippen molar-refractivity contribution in [2.75, 3.05) is 31.1 Å². The van der Waals surface area contributed by atoms with Gasteiger partial charge < -0.3 is 10.2 Å². The first kappa shape index (κ1) is 15.3. The summed E-state index contributed by atoms with van der Waals surface area (Å²) in [4.78, 5) is 9.71. The summed E-state index contributed by atoms with van der Waals surface area (Å²) in [5.41, 5.74) is 1.13. The molecule has 2 rings (SSSR count). The van der Waals surface area contributed by atoms with E-state index in [1.54, 1.807) is 0 Å². The van der Waals surface area contributed by atoms with Crippen molar-refractivity contribution in [1.82, 2.24) is 15.2 Å². The standard InChI is InChI=1S/C16H28N4/c1-13(2)17-12-15-6-5-7-16(18-15)20-10-8-19(9-11-20)14(3)4/h5-7,13-14,17H,8-12H2,1-4H3. The van der Waals surface area contributed by atoms with Crippen LogP contribution in [0.25, 0.3) is 0 Å². The number of pyridine rings is 1. The van der Waals surface area contributed by atoms with Gasteiger partial charge in [-0.3, -0.25) is 4.90 Å². The van der Waals surface area contributed by atoms with E-state index in [1.807, 2.05) is 0 Å². The van der Waals surface area contributed by atoms with E-state index < -0.39 is 0 Å². The maximum Gasteiger partial charge on any atom is 0.128 e. The molecule has 1 aliphatic heterocycles. The highest BCUT2D eigenvalue weighted by molar-refractivity contribution is 5.39. The Hall–Kier alpha value is -1.13. The second-order valence-corrected chi connectivity index (χ2v) is 6.14.